The third kappa shape index (κ3) is 3.93. The molecule has 1 aliphatic rings. The van der Waals surface area contributed by atoms with Crippen molar-refractivity contribution in [1.29, 1.82) is 0 Å². The molecule has 76 valence electrons. The Bertz CT molecular complexity index is 172. The first-order valence-electron chi connectivity index (χ1n) is 5.33. The lowest BCUT2D eigenvalue weighted by Crippen LogP contribution is -2.25. The molecule has 0 bridgehead atoms. The van der Waals surface area contributed by atoms with Crippen LogP contribution >= 0.6 is 0 Å². The van der Waals surface area contributed by atoms with Crippen LogP contribution in [0.4, 0.5) is 4.39 Å². The van der Waals surface area contributed by atoms with E-state index in [2.05, 4.69) is 13.5 Å². The number of hydrogen-bond acceptors (Lipinski definition) is 0. The van der Waals surface area contributed by atoms with E-state index in [1.165, 1.54) is 12.0 Å². The van der Waals surface area contributed by atoms with Crippen LogP contribution in [-0.4, -0.2) is 5.67 Å². The molecule has 0 spiro atoms. The minimum Gasteiger partial charge on any atom is -0.244 e. The molecule has 0 saturated heterocycles. The molecule has 0 aliphatic heterocycles. The van der Waals surface area contributed by atoms with Crippen molar-refractivity contribution in [2.45, 2.75) is 58.0 Å². The molecule has 0 aromatic heterocycles. The van der Waals surface area contributed by atoms with E-state index in [0.29, 0.717) is 0 Å². The van der Waals surface area contributed by atoms with E-state index in [1.54, 1.807) is 6.92 Å². The molecule has 0 nitrogen and oxygen atoms in total. The molecule has 1 aliphatic carbocycles. The third-order valence-electron chi connectivity index (χ3n) is 3.13. The Balaban J connectivity index is 2.21. The average Bonchev–Trinajstić information content (AvgIpc) is 2.02. The van der Waals surface area contributed by atoms with E-state index in [9.17, 15) is 4.39 Å². The first-order chi connectivity index (χ1) is 5.99. The molecule has 0 aromatic rings. The first kappa shape index (κ1) is 10.7. The molecule has 0 aromatic carbocycles. The van der Waals surface area contributed by atoms with Crippen LogP contribution in [0.2, 0.25) is 0 Å². The lowest BCUT2D eigenvalue weighted by molar-refractivity contribution is 0.101. The fourth-order valence-corrected chi connectivity index (χ4v) is 2.02. The summed E-state index contributed by atoms with van der Waals surface area (Å²) in [5.41, 5.74) is 0.383. The predicted molar refractivity (Wildman–Crippen MR) is 55.5 cm³/mol. The van der Waals surface area contributed by atoms with E-state index in [0.717, 1.165) is 38.0 Å². The molecular weight excluding hydrogens is 163 g/mol. The standard InChI is InChI=1S/C12H21F/c1-10(2)4-5-11-6-8-12(3,13)9-7-11/h11H,1,4-9H2,2-3H3. The molecule has 0 amide bonds. The first-order valence-corrected chi connectivity index (χ1v) is 5.33. The van der Waals surface area contributed by atoms with Crippen molar-refractivity contribution in [2.24, 2.45) is 5.92 Å². The normalized spacial score (nSPS) is 34.5. The second-order valence-corrected chi connectivity index (χ2v) is 4.85. The van der Waals surface area contributed by atoms with Gasteiger partial charge in [0.25, 0.3) is 0 Å². The van der Waals surface area contributed by atoms with Gasteiger partial charge in [-0.05, 0) is 58.3 Å². The Hall–Kier alpha value is -0.330. The topological polar surface area (TPSA) is 0 Å². The number of allylic oxidation sites excluding steroid dienone is 1. The maximum absolute atomic E-state index is 13.4. The van der Waals surface area contributed by atoms with Gasteiger partial charge in [0.1, 0.15) is 5.67 Å². The summed E-state index contributed by atoms with van der Waals surface area (Å²) in [5, 5.41) is 0. The number of hydrogen-bond donors (Lipinski definition) is 0. The van der Waals surface area contributed by atoms with Gasteiger partial charge >= 0.3 is 0 Å². The van der Waals surface area contributed by atoms with Gasteiger partial charge in [0, 0.05) is 0 Å². The summed E-state index contributed by atoms with van der Waals surface area (Å²) < 4.78 is 13.4. The Morgan fingerprint density at radius 1 is 1.46 bits per heavy atom. The fraction of sp³-hybridized carbons (Fsp3) is 0.833. The lowest BCUT2D eigenvalue weighted by Gasteiger charge is -2.31. The van der Waals surface area contributed by atoms with Crippen LogP contribution in [0.5, 0.6) is 0 Å². The Labute approximate surface area is 81.2 Å². The molecule has 1 rings (SSSR count). The van der Waals surface area contributed by atoms with Crippen molar-refractivity contribution in [3.8, 4) is 0 Å². The smallest absolute Gasteiger partial charge is 0.108 e. The van der Waals surface area contributed by atoms with Crippen molar-refractivity contribution in [1.82, 2.24) is 0 Å². The second kappa shape index (κ2) is 4.26. The lowest BCUT2D eigenvalue weighted by atomic mass is 9.79. The highest BCUT2D eigenvalue weighted by atomic mass is 19.1. The van der Waals surface area contributed by atoms with Crippen LogP contribution in [0.1, 0.15) is 52.4 Å². The molecule has 1 saturated carbocycles. The van der Waals surface area contributed by atoms with Gasteiger partial charge < -0.3 is 0 Å². The minimum atomic E-state index is -0.875. The average molecular weight is 184 g/mol. The van der Waals surface area contributed by atoms with Crippen LogP contribution in [-0.2, 0) is 0 Å². The van der Waals surface area contributed by atoms with E-state index in [4.69, 9.17) is 0 Å². The summed E-state index contributed by atoms with van der Waals surface area (Å²) in [4.78, 5) is 0. The second-order valence-electron chi connectivity index (χ2n) is 4.85. The van der Waals surface area contributed by atoms with E-state index >= 15 is 0 Å². The van der Waals surface area contributed by atoms with E-state index in [1.807, 2.05) is 0 Å². The number of alkyl halides is 1. The van der Waals surface area contributed by atoms with Crippen LogP contribution < -0.4 is 0 Å². The summed E-state index contributed by atoms with van der Waals surface area (Å²) >= 11 is 0. The Morgan fingerprint density at radius 2 is 2.00 bits per heavy atom. The van der Waals surface area contributed by atoms with Gasteiger partial charge in [-0.25, -0.2) is 4.39 Å². The molecule has 0 unspecified atom stereocenters. The summed E-state index contributed by atoms with van der Waals surface area (Å²) in [6, 6.07) is 0. The number of rotatable bonds is 3. The van der Waals surface area contributed by atoms with Crippen LogP contribution in [0, 0.1) is 5.92 Å². The molecule has 0 radical (unpaired) electrons. The summed E-state index contributed by atoms with van der Waals surface area (Å²) in [6.07, 6.45) is 5.99. The Kier molecular flexibility index (Phi) is 3.52. The van der Waals surface area contributed by atoms with Gasteiger partial charge in [0.15, 0.2) is 0 Å². The highest BCUT2D eigenvalue weighted by molar-refractivity contribution is 4.90. The Morgan fingerprint density at radius 3 is 2.46 bits per heavy atom. The molecular formula is C12H21F. The van der Waals surface area contributed by atoms with Gasteiger partial charge in [-0.3, -0.25) is 0 Å². The van der Waals surface area contributed by atoms with Gasteiger partial charge in [-0.1, -0.05) is 5.57 Å². The summed E-state index contributed by atoms with van der Waals surface area (Å²) in [6.45, 7) is 7.70. The molecule has 0 heterocycles. The quantitative estimate of drug-likeness (QED) is 0.575. The predicted octanol–water partition coefficient (Wildman–Crippen LogP) is 4.26. The maximum atomic E-state index is 13.4. The zero-order chi connectivity index (χ0) is 9.90. The molecule has 0 N–H and O–H groups in total. The highest BCUT2D eigenvalue weighted by Crippen LogP contribution is 2.36. The molecule has 0 atom stereocenters. The monoisotopic (exact) mass is 184 g/mol. The van der Waals surface area contributed by atoms with Crippen molar-refractivity contribution in [3.05, 3.63) is 12.2 Å². The molecule has 13 heavy (non-hydrogen) atoms. The van der Waals surface area contributed by atoms with E-state index < -0.39 is 5.67 Å². The largest absolute Gasteiger partial charge is 0.244 e. The van der Waals surface area contributed by atoms with Crippen LogP contribution in [0.15, 0.2) is 12.2 Å². The maximum Gasteiger partial charge on any atom is 0.108 e. The molecule has 1 heteroatoms. The summed E-state index contributed by atoms with van der Waals surface area (Å²) in [5.74, 6) is 0.750. The zero-order valence-corrected chi connectivity index (χ0v) is 8.91. The SMILES string of the molecule is C=C(C)CCC1CCC(C)(F)CC1. The van der Waals surface area contributed by atoms with Crippen molar-refractivity contribution < 1.29 is 4.39 Å². The molecule has 1 fully saturated rings. The van der Waals surface area contributed by atoms with Gasteiger partial charge in [-0.15, -0.1) is 6.58 Å². The zero-order valence-electron chi connectivity index (χ0n) is 8.91. The van der Waals surface area contributed by atoms with Gasteiger partial charge in [0.05, 0.1) is 0 Å². The van der Waals surface area contributed by atoms with Gasteiger partial charge in [0.2, 0.25) is 0 Å². The van der Waals surface area contributed by atoms with Crippen molar-refractivity contribution in [3.63, 3.8) is 0 Å². The third-order valence-corrected chi connectivity index (χ3v) is 3.13. The fourth-order valence-electron chi connectivity index (χ4n) is 2.02. The minimum absolute atomic E-state index is 0.750. The van der Waals surface area contributed by atoms with E-state index in [-0.39, 0.29) is 0 Å². The highest BCUT2D eigenvalue weighted by Gasteiger charge is 2.30. The van der Waals surface area contributed by atoms with Gasteiger partial charge in [-0.2, -0.15) is 0 Å². The number of halogens is 1. The summed E-state index contributed by atoms with van der Waals surface area (Å²) in [7, 11) is 0. The van der Waals surface area contributed by atoms with Crippen LogP contribution in [0.25, 0.3) is 0 Å². The van der Waals surface area contributed by atoms with Crippen LogP contribution in [0.3, 0.4) is 0 Å². The van der Waals surface area contributed by atoms with Crippen molar-refractivity contribution in [2.75, 3.05) is 0 Å². The van der Waals surface area contributed by atoms with Crippen molar-refractivity contribution >= 4 is 0 Å².